The molecule has 2 amide bonds. The number of carbonyl (C=O) groups excluding carboxylic acids is 2. The molecule has 268 valence electrons. The molecule has 2 aromatic heterocycles. The molecule has 16 heteroatoms. The first-order valence-corrected chi connectivity index (χ1v) is 17.1. The second kappa shape index (κ2) is 12.9. The first kappa shape index (κ1) is 36.2. The third kappa shape index (κ3) is 6.28. The summed E-state index contributed by atoms with van der Waals surface area (Å²) in [5.41, 5.74) is -0.909. The molecular weight excluding hydrogens is 691 g/mol. The number of pyridine rings is 1. The second-order valence-electron chi connectivity index (χ2n) is 14.6. The molecule has 3 atom stereocenters. The molecule has 3 aromatic rings. The second-order valence-corrected chi connectivity index (χ2v) is 15.4. The Labute approximate surface area is 301 Å². The summed E-state index contributed by atoms with van der Waals surface area (Å²) in [5, 5.41) is 4.05. The van der Waals surface area contributed by atoms with E-state index in [1.807, 2.05) is 34.7 Å². The summed E-state index contributed by atoms with van der Waals surface area (Å²) >= 11 is 13.5. The minimum absolute atomic E-state index is 0.0202. The molecule has 50 heavy (non-hydrogen) atoms. The van der Waals surface area contributed by atoms with Crippen molar-refractivity contribution in [3.05, 3.63) is 51.5 Å². The Bertz CT molecular complexity index is 1830. The van der Waals surface area contributed by atoms with Gasteiger partial charge in [0.15, 0.2) is 5.75 Å². The summed E-state index contributed by atoms with van der Waals surface area (Å²) in [6.07, 6.45) is 1.50. The lowest BCUT2D eigenvalue weighted by atomic mass is 9.81. The van der Waals surface area contributed by atoms with Crippen LogP contribution in [0.3, 0.4) is 0 Å². The number of halogens is 3. The van der Waals surface area contributed by atoms with Gasteiger partial charge in [0.2, 0.25) is 0 Å². The zero-order valence-corrected chi connectivity index (χ0v) is 31.1. The van der Waals surface area contributed by atoms with Crippen LogP contribution in [0.25, 0.3) is 11.3 Å². The number of amides is 2. The fraction of sp³-hybridized carbons (Fsp3) is 0.529. The van der Waals surface area contributed by atoms with E-state index < -0.39 is 53.8 Å². The van der Waals surface area contributed by atoms with Gasteiger partial charge in [-0.15, -0.1) is 0 Å². The number of carbonyl (C=O) groups is 2. The number of nitrogens with zero attached hydrogens (tertiary/aromatic N) is 5. The van der Waals surface area contributed by atoms with Crippen molar-refractivity contribution in [2.45, 2.75) is 83.8 Å². The van der Waals surface area contributed by atoms with E-state index in [0.29, 0.717) is 0 Å². The number of hydrogen-bond acceptors (Lipinski definition) is 9. The highest BCUT2D eigenvalue weighted by Crippen LogP contribution is 2.46. The SMILES string of the molecule is COc1cccc(F)c1-c1nc(Cl)c2c(c1Cl)OC[C@H]1CN(C(=O)OC(C)(C)C)C(CC3(C)OB(c4c(C)cnn4C)OC3(C)C)CN1C2=O. The Morgan fingerprint density at radius 2 is 1.88 bits per heavy atom. The van der Waals surface area contributed by atoms with Crippen LogP contribution in [0.5, 0.6) is 11.5 Å². The first-order chi connectivity index (χ1) is 23.4. The van der Waals surface area contributed by atoms with Crippen LogP contribution in [0.1, 0.15) is 63.9 Å². The van der Waals surface area contributed by atoms with E-state index in [0.717, 1.165) is 11.2 Å². The molecule has 0 spiro atoms. The third-order valence-corrected chi connectivity index (χ3v) is 10.4. The van der Waals surface area contributed by atoms with Gasteiger partial charge in [0.25, 0.3) is 5.91 Å². The highest BCUT2D eigenvalue weighted by molar-refractivity contribution is 6.61. The normalized spacial score (nSPS) is 23.3. The molecule has 5 heterocycles. The van der Waals surface area contributed by atoms with Crippen molar-refractivity contribution >= 4 is 47.9 Å². The Morgan fingerprint density at radius 1 is 1.16 bits per heavy atom. The Balaban J connectivity index is 1.37. The van der Waals surface area contributed by atoms with Gasteiger partial charge in [-0.05, 0) is 72.6 Å². The minimum Gasteiger partial charge on any atom is -0.496 e. The fourth-order valence-electron chi connectivity index (χ4n) is 6.83. The van der Waals surface area contributed by atoms with Crippen LogP contribution >= 0.6 is 23.2 Å². The maximum Gasteiger partial charge on any atom is 0.514 e. The number of rotatable bonds is 5. The molecule has 2 saturated heterocycles. The van der Waals surface area contributed by atoms with E-state index >= 15 is 4.39 Å². The highest BCUT2D eigenvalue weighted by atomic mass is 35.5. The van der Waals surface area contributed by atoms with E-state index in [-0.39, 0.29) is 64.6 Å². The van der Waals surface area contributed by atoms with E-state index in [2.05, 4.69) is 10.1 Å². The van der Waals surface area contributed by atoms with Gasteiger partial charge in [-0.3, -0.25) is 9.48 Å². The van der Waals surface area contributed by atoms with Gasteiger partial charge in [-0.2, -0.15) is 5.10 Å². The molecule has 0 radical (unpaired) electrons. The summed E-state index contributed by atoms with van der Waals surface area (Å²) in [5.74, 6) is -0.974. The van der Waals surface area contributed by atoms with Crippen molar-refractivity contribution in [2.24, 2.45) is 7.05 Å². The van der Waals surface area contributed by atoms with Crippen LogP contribution in [-0.2, 0) is 21.1 Å². The zero-order chi connectivity index (χ0) is 36.5. The predicted octanol–water partition coefficient (Wildman–Crippen LogP) is 5.44. The predicted molar refractivity (Wildman–Crippen MR) is 186 cm³/mol. The molecule has 12 nitrogen and oxygen atoms in total. The average molecular weight is 732 g/mol. The van der Waals surface area contributed by atoms with Crippen LogP contribution in [-0.4, -0.2) is 99.4 Å². The van der Waals surface area contributed by atoms with Crippen LogP contribution < -0.4 is 15.1 Å². The Morgan fingerprint density at radius 3 is 2.52 bits per heavy atom. The van der Waals surface area contributed by atoms with Crippen LogP contribution in [0.4, 0.5) is 9.18 Å². The number of benzene rings is 1. The topological polar surface area (TPSA) is 117 Å². The Hall–Kier alpha value is -3.59. The summed E-state index contributed by atoms with van der Waals surface area (Å²) < 4.78 is 47.5. The summed E-state index contributed by atoms with van der Waals surface area (Å²) in [6.45, 7) is 13.3. The number of aryl methyl sites for hydroxylation is 2. The van der Waals surface area contributed by atoms with Gasteiger partial charge < -0.3 is 33.3 Å². The van der Waals surface area contributed by atoms with Gasteiger partial charge in [0.1, 0.15) is 45.2 Å². The summed E-state index contributed by atoms with van der Waals surface area (Å²) in [7, 11) is 2.52. The average Bonchev–Trinajstić information content (AvgIpc) is 3.41. The van der Waals surface area contributed by atoms with Gasteiger partial charge in [0.05, 0.1) is 47.7 Å². The zero-order valence-electron chi connectivity index (χ0n) is 29.6. The number of hydrogen-bond donors (Lipinski definition) is 0. The van der Waals surface area contributed by atoms with Crippen molar-refractivity contribution < 1.29 is 37.5 Å². The van der Waals surface area contributed by atoms with Gasteiger partial charge in [-0.25, -0.2) is 14.2 Å². The van der Waals surface area contributed by atoms with E-state index in [1.54, 1.807) is 47.5 Å². The van der Waals surface area contributed by atoms with Gasteiger partial charge >= 0.3 is 13.2 Å². The lowest BCUT2D eigenvalue weighted by molar-refractivity contribution is -0.0598. The van der Waals surface area contributed by atoms with Crippen molar-refractivity contribution in [3.8, 4) is 22.8 Å². The molecular formula is C34H41BCl2FN5O7. The van der Waals surface area contributed by atoms with E-state index in [4.69, 9.17) is 46.7 Å². The lowest BCUT2D eigenvalue weighted by Gasteiger charge is -2.48. The highest BCUT2D eigenvalue weighted by Gasteiger charge is 2.58. The summed E-state index contributed by atoms with van der Waals surface area (Å²) in [4.78, 5) is 35.9. The number of aromatic nitrogens is 3. The van der Waals surface area contributed by atoms with Crippen LogP contribution in [0.2, 0.25) is 10.2 Å². The van der Waals surface area contributed by atoms with E-state index in [1.165, 1.54) is 19.2 Å². The maximum absolute atomic E-state index is 15.1. The first-order valence-electron chi connectivity index (χ1n) is 16.3. The standard InChI is InChI=1S/C34H41BCl2FN5O7/c1-18-14-39-41(8)28(18)35-49-33(5,6)34(7,50-35)13-19-15-42-20(16-43(19)31(45)48-32(2,3)4)17-47-27-24(30(42)44)29(37)40-26(25(27)36)23-21(38)11-10-12-22(23)46-9/h10-12,14,19-20H,13,15-17H2,1-9H3/t19?,20-,34?/m1/s1. The summed E-state index contributed by atoms with van der Waals surface area (Å²) in [6, 6.07) is 3.12. The smallest absolute Gasteiger partial charge is 0.496 e. The number of fused-ring (bicyclic) bond motifs is 2. The molecule has 0 N–H and O–H groups in total. The van der Waals surface area contributed by atoms with E-state index in [9.17, 15) is 9.59 Å². The van der Waals surface area contributed by atoms with Crippen molar-refractivity contribution in [1.29, 1.82) is 0 Å². The molecule has 0 aliphatic carbocycles. The molecule has 6 rings (SSSR count). The fourth-order valence-corrected chi connectivity index (χ4v) is 7.37. The number of piperazine rings is 1. The minimum atomic E-state index is -0.925. The quantitative estimate of drug-likeness (QED) is 0.250. The molecule has 3 aliphatic heterocycles. The van der Waals surface area contributed by atoms with Crippen molar-refractivity contribution in [3.63, 3.8) is 0 Å². The maximum atomic E-state index is 15.1. The number of methoxy groups -OCH3 is 1. The number of ether oxygens (including phenoxy) is 3. The lowest BCUT2D eigenvalue weighted by Crippen LogP contribution is -2.64. The van der Waals surface area contributed by atoms with Crippen LogP contribution in [0.15, 0.2) is 24.4 Å². The monoisotopic (exact) mass is 731 g/mol. The van der Waals surface area contributed by atoms with Crippen LogP contribution in [0, 0.1) is 12.7 Å². The molecule has 2 unspecified atom stereocenters. The molecule has 0 bridgehead atoms. The molecule has 3 aliphatic rings. The largest absolute Gasteiger partial charge is 0.514 e. The van der Waals surface area contributed by atoms with Crippen molar-refractivity contribution in [1.82, 2.24) is 24.6 Å². The van der Waals surface area contributed by atoms with Crippen molar-refractivity contribution in [2.75, 3.05) is 26.8 Å². The van der Waals surface area contributed by atoms with Gasteiger partial charge in [0, 0.05) is 20.1 Å². The molecule has 0 saturated carbocycles. The van der Waals surface area contributed by atoms with Gasteiger partial charge in [-0.1, -0.05) is 29.3 Å². The Kier molecular flexibility index (Phi) is 9.33. The molecule has 2 fully saturated rings. The third-order valence-electron chi connectivity index (χ3n) is 9.77. The molecule has 1 aromatic carbocycles.